The van der Waals surface area contributed by atoms with Gasteiger partial charge in [-0.05, 0) is 23.8 Å². The molecule has 6 nitrogen and oxygen atoms in total. The van der Waals surface area contributed by atoms with Crippen LogP contribution in [0.1, 0.15) is 5.56 Å². The molecule has 0 aliphatic heterocycles. The molecule has 7 heteroatoms. The molecule has 0 fully saturated rings. The van der Waals surface area contributed by atoms with Crippen molar-refractivity contribution in [1.29, 1.82) is 0 Å². The van der Waals surface area contributed by atoms with Crippen LogP contribution in [-0.2, 0) is 20.9 Å². The molecule has 2 aromatic carbocycles. The molecule has 0 aliphatic carbocycles. The lowest BCUT2D eigenvalue weighted by Gasteiger charge is -2.07. The van der Waals surface area contributed by atoms with Gasteiger partial charge in [0.2, 0.25) is 0 Å². The Kier molecular flexibility index (Phi) is 5.83. The average Bonchev–Trinajstić information content (AvgIpc) is 3.04. The van der Waals surface area contributed by atoms with E-state index in [9.17, 15) is 9.59 Å². The van der Waals surface area contributed by atoms with E-state index in [2.05, 4.69) is 4.99 Å². The van der Waals surface area contributed by atoms with Crippen molar-refractivity contribution in [3.63, 3.8) is 0 Å². The fourth-order valence-electron chi connectivity index (χ4n) is 2.55. The summed E-state index contributed by atoms with van der Waals surface area (Å²) in [5, 5.41) is 0. The second kappa shape index (κ2) is 8.46. The van der Waals surface area contributed by atoms with Crippen molar-refractivity contribution in [1.82, 2.24) is 4.57 Å². The minimum absolute atomic E-state index is 0.0641. The number of fused-ring (bicyclic) bond motifs is 1. The fraction of sp³-hybridized carbons (Fsp3) is 0.150. The van der Waals surface area contributed by atoms with Gasteiger partial charge in [0.15, 0.2) is 4.80 Å². The predicted molar refractivity (Wildman–Crippen MR) is 104 cm³/mol. The van der Waals surface area contributed by atoms with Crippen LogP contribution < -0.4 is 9.54 Å². The number of nitrogens with zero attached hydrogens (tertiary/aromatic N) is 2. The highest BCUT2D eigenvalue weighted by Gasteiger charge is 2.14. The average molecular weight is 382 g/mol. The molecule has 0 unspecified atom stereocenters. The third-order valence-corrected chi connectivity index (χ3v) is 4.87. The molecule has 138 valence electrons. The first-order valence-corrected chi connectivity index (χ1v) is 8.99. The van der Waals surface area contributed by atoms with Crippen LogP contribution in [0.15, 0.2) is 59.6 Å². The number of para-hydroxylation sites is 1. The molecule has 3 aromatic rings. The molecular formula is C20H18N2O4S. The van der Waals surface area contributed by atoms with Crippen molar-refractivity contribution in [3.05, 3.63) is 65.0 Å². The molecule has 1 heterocycles. The lowest BCUT2D eigenvalue weighted by atomic mass is 10.2. The summed E-state index contributed by atoms with van der Waals surface area (Å²) < 4.78 is 12.7. The normalized spacial score (nSPS) is 11.9. The molecule has 0 N–H and O–H groups in total. The van der Waals surface area contributed by atoms with E-state index in [1.54, 1.807) is 23.8 Å². The van der Waals surface area contributed by atoms with Crippen LogP contribution in [0, 0.1) is 0 Å². The van der Waals surface area contributed by atoms with E-state index >= 15 is 0 Å². The van der Waals surface area contributed by atoms with E-state index in [0.29, 0.717) is 16.1 Å². The van der Waals surface area contributed by atoms with Gasteiger partial charge < -0.3 is 14.0 Å². The van der Waals surface area contributed by atoms with E-state index in [1.165, 1.54) is 24.5 Å². The van der Waals surface area contributed by atoms with Crippen LogP contribution in [-0.4, -0.2) is 30.7 Å². The number of esters is 1. The van der Waals surface area contributed by atoms with Gasteiger partial charge in [-0.1, -0.05) is 47.7 Å². The van der Waals surface area contributed by atoms with E-state index < -0.39 is 11.9 Å². The predicted octanol–water partition coefficient (Wildman–Crippen LogP) is 3.03. The lowest BCUT2D eigenvalue weighted by molar-refractivity contribution is -0.141. The highest BCUT2D eigenvalue weighted by Crippen LogP contribution is 2.27. The molecule has 0 bridgehead atoms. The number of methoxy groups -OCH3 is 2. The number of benzene rings is 2. The molecule has 0 saturated heterocycles. The summed E-state index contributed by atoms with van der Waals surface area (Å²) in [6, 6.07) is 15.0. The molecule has 0 spiro atoms. The van der Waals surface area contributed by atoms with Crippen molar-refractivity contribution in [3.8, 4) is 5.75 Å². The maximum atomic E-state index is 12.3. The number of aromatic nitrogens is 1. The molecule has 3 rings (SSSR count). The van der Waals surface area contributed by atoms with Crippen molar-refractivity contribution >= 4 is 39.5 Å². The van der Waals surface area contributed by atoms with Gasteiger partial charge in [0.1, 0.15) is 17.8 Å². The number of hydrogen-bond acceptors (Lipinski definition) is 5. The summed E-state index contributed by atoms with van der Waals surface area (Å²) in [6.07, 6.45) is 3.10. The Morgan fingerprint density at radius 3 is 2.59 bits per heavy atom. The maximum Gasteiger partial charge on any atom is 0.325 e. The first-order chi connectivity index (χ1) is 13.1. The Balaban J connectivity index is 2.05. The zero-order chi connectivity index (χ0) is 19.2. The van der Waals surface area contributed by atoms with Crippen LogP contribution in [0.2, 0.25) is 0 Å². The summed E-state index contributed by atoms with van der Waals surface area (Å²) in [5.41, 5.74) is 1.61. The Bertz CT molecular complexity index is 1060. The molecule has 0 atom stereocenters. The molecule has 1 aromatic heterocycles. The number of rotatable bonds is 5. The summed E-state index contributed by atoms with van der Waals surface area (Å²) in [4.78, 5) is 28.7. The van der Waals surface area contributed by atoms with Crippen molar-refractivity contribution in [2.75, 3.05) is 14.2 Å². The molecule has 0 aliphatic rings. The standard InChI is InChI=1S/C20H18N2O4S/c1-25-15-9-6-10-16-19(15)22(13-18(24)26-2)20(27-16)21-17(23)12-11-14-7-4-3-5-8-14/h3-12H,13H2,1-2H3/b12-11+,21-20?. The van der Waals surface area contributed by atoms with Crippen molar-refractivity contribution in [2.45, 2.75) is 6.54 Å². The smallest absolute Gasteiger partial charge is 0.325 e. The van der Waals surface area contributed by atoms with Gasteiger partial charge >= 0.3 is 5.97 Å². The van der Waals surface area contributed by atoms with Gasteiger partial charge in [0.25, 0.3) is 5.91 Å². The van der Waals surface area contributed by atoms with Crippen molar-refractivity contribution < 1.29 is 19.1 Å². The topological polar surface area (TPSA) is 69.9 Å². The lowest BCUT2D eigenvalue weighted by Crippen LogP contribution is -2.22. The molecule has 27 heavy (non-hydrogen) atoms. The maximum absolute atomic E-state index is 12.3. The van der Waals surface area contributed by atoms with Gasteiger partial charge in [-0.25, -0.2) is 0 Å². The van der Waals surface area contributed by atoms with E-state index in [1.807, 2.05) is 42.5 Å². The Labute approximate surface area is 160 Å². The zero-order valence-corrected chi connectivity index (χ0v) is 15.7. The van der Waals surface area contributed by atoms with Gasteiger partial charge in [-0.2, -0.15) is 4.99 Å². The van der Waals surface area contributed by atoms with Crippen molar-refractivity contribution in [2.24, 2.45) is 4.99 Å². The number of amides is 1. The minimum atomic E-state index is -0.436. The molecule has 0 saturated carbocycles. The summed E-state index contributed by atoms with van der Waals surface area (Å²) in [6.45, 7) is -0.0641. The van der Waals surface area contributed by atoms with E-state index in [0.717, 1.165) is 10.3 Å². The monoisotopic (exact) mass is 382 g/mol. The number of carbonyl (C=O) groups is 2. The Morgan fingerprint density at radius 2 is 1.89 bits per heavy atom. The first kappa shape index (κ1) is 18.6. The second-order valence-corrected chi connectivity index (χ2v) is 6.56. The SMILES string of the molecule is COC(=O)Cn1c(=NC(=O)/C=C/c2ccccc2)sc2cccc(OC)c21. The third kappa shape index (κ3) is 4.32. The van der Waals surface area contributed by atoms with E-state index in [4.69, 9.17) is 9.47 Å². The first-order valence-electron chi connectivity index (χ1n) is 8.17. The third-order valence-electron chi connectivity index (χ3n) is 3.82. The molecule has 0 radical (unpaired) electrons. The van der Waals surface area contributed by atoms with Gasteiger partial charge in [0, 0.05) is 6.08 Å². The van der Waals surface area contributed by atoms with Gasteiger partial charge in [0.05, 0.1) is 18.9 Å². The van der Waals surface area contributed by atoms with Gasteiger partial charge in [-0.3, -0.25) is 9.59 Å². The highest BCUT2D eigenvalue weighted by molar-refractivity contribution is 7.16. The second-order valence-electron chi connectivity index (χ2n) is 5.55. The van der Waals surface area contributed by atoms with Crippen LogP contribution in [0.5, 0.6) is 5.75 Å². The Hall–Kier alpha value is -3.19. The van der Waals surface area contributed by atoms with Crippen LogP contribution in [0.25, 0.3) is 16.3 Å². The summed E-state index contributed by atoms with van der Waals surface area (Å²) in [5.74, 6) is -0.251. The fourth-order valence-corrected chi connectivity index (χ4v) is 3.60. The quantitative estimate of drug-likeness (QED) is 0.502. The Morgan fingerprint density at radius 1 is 1.11 bits per heavy atom. The molecular weight excluding hydrogens is 364 g/mol. The number of carbonyl (C=O) groups excluding carboxylic acids is 2. The highest BCUT2D eigenvalue weighted by atomic mass is 32.1. The van der Waals surface area contributed by atoms with Crippen LogP contribution in [0.3, 0.4) is 0 Å². The van der Waals surface area contributed by atoms with Crippen LogP contribution >= 0.6 is 11.3 Å². The number of thiazole rings is 1. The van der Waals surface area contributed by atoms with Gasteiger partial charge in [-0.15, -0.1) is 0 Å². The summed E-state index contributed by atoms with van der Waals surface area (Å²) in [7, 11) is 2.87. The number of hydrogen-bond donors (Lipinski definition) is 0. The molecule has 1 amide bonds. The largest absolute Gasteiger partial charge is 0.495 e. The van der Waals surface area contributed by atoms with E-state index in [-0.39, 0.29) is 6.54 Å². The minimum Gasteiger partial charge on any atom is -0.495 e. The zero-order valence-electron chi connectivity index (χ0n) is 14.9. The summed E-state index contributed by atoms with van der Waals surface area (Å²) >= 11 is 1.31. The van der Waals surface area contributed by atoms with Crippen LogP contribution in [0.4, 0.5) is 0 Å². The number of ether oxygens (including phenoxy) is 2.